The molecule has 0 saturated carbocycles. The minimum atomic E-state index is -4.29. The maximum Gasteiger partial charge on any atom is 0.390 e. The number of carbonyl (C=O) groups is 1. The minimum absolute atomic E-state index is 0.312. The third-order valence-corrected chi connectivity index (χ3v) is 4.29. The van der Waals surface area contributed by atoms with Crippen LogP contribution < -0.4 is 10.1 Å². The van der Waals surface area contributed by atoms with Crippen molar-refractivity contribution in [3.8, 4) is 5.75 Å². The first kappa shape index (κ1) is 19.4. The van der Waals surface area contributed by atoms with Crippen LogP contribution in [0.2, 0.25) is 0 Å². The molecule has 0 bridgehead atoms. The highest BCUT2D eigenvalue weighted by Gasteiger charge is 2.43. The van der Waals surface area contributed by atoms with E-state index >= 15 is 0 Å². The second-order valence-corrected chi connectivity index (χ2v) is 6.43. The molecule has 0 aliphatic carbocycles. The molecule has 1 unspecified atom stereocenters. The van der Waals surface area contributed by atoms with E-state index in [0.717, 1.165) is 5.56 Å². The normalized spacial score (nSPS) is 20.2. The number of urea groups is 1. The van der Waals surface area contributed by atoms with E-state index in [4.69, 9.17) is 9.47 Å². The van der Waals surface area contributed by atoms with Gasteiger partial charge in [0.25, 0.3) is 0 Å². The van der Waals surface area contributed by atoms with E-state index in [2.05, 4.69) is 5.32 Å². The van der Waals surface area contributed by atoms with E-state index in [9.17, 15) is 18.0 Å². The molecule has 2 amide bonds. The van der Waals surface area contributed by atoms with Crippen molar-refractivity contribution in [2.45, 2.75) is 38.1 Å². The Bertz CT molecular complexity index is 588. The van der Waals surface area contributed by atoms with E-state index in [1.807, 2.05) is 26.0 Å². The first-order valence-electron chi connectivity index (χ1n) is 8.03. The fourth-order valence-corrected chi connectivity index (χ4v) is 2.95. The number of nitrogens with zero attached hydrogens (tertiary/aromatic N) is 1. The largest absolute Gasteiger partial charge is 0.497 e. The van der Waals surface area contributed by atoms with Gasteiger partial charge in [-0.2, -0.15) is 13.2 Å². The zero-order valence-corrected chi connectivity index (χ0v) is 14.5. The van der Waals surface area contributed by atoms with Gasteiger partial charge in [0.15, 0.2) is 0 Å². The monoisotopic (exact) mass is 360 g/mol. The van der Waals surface area contributed by atoms with E-state index in [-0.39, 0.29) is 6.10 Å². The second-order valence-electron chi connectivity index (χ2n) is 6.43. The Morgan fingerprint density at radius 1 is 1.36 bits per heavy atom. The molecule has 2 rings (SSSR count). The number of hydrogen-bond donors (Lipinski definition) is 1. The summed E-state index contributed by atoms with van der Waals surface area (Å²) in [6.07, 6.45) is -5.73. The molecule has 1 N–H and O–H groups in total. The van der Waals surface area contributed by atoms with Crippen LogP contribution in [-0.2, 0) is 4.74 Å². The molecule has 140 valence electrons. The first-order valence-corrected chi connectivity index (χ1v) is 8.03. The number of amides is 2. The molecule has 1 aromatic carbocycles. The van der Waals surface area contributed by atoms with Crippen LogP contribution in [0, 0.1) is 0 Å². The lowest BCUT2D eigenvalue weighted by atomic mass is 9.88. The number of halogens is 3. The average Bonchev–Trinajstić information content (AvgIpc) is 2.53. The summed E-state index contributed by atoms with van der Waals surface area (Å²) in [5.74, 6) is 0.708. The summed E-state index contributed by atoms with van der Waals surface area (Å²) >= 11 is 0. The molecule has 0 aromatic heterocycles. The molecular formula is C17H23F3N2O3. The Kier molecular flexibility index (Phi) is 5.82. The molecule has 1 aromatic rings. The number of benzene rings is 1. The van der Waals surface area contributed by atoms with Crippen LogP contribution in [0.3, 0.4) is 0 Å². The van der Waals surface area contributed by atoms with Crippen molar-refractivity contribution in [2.75, 3.05) is 26.8 Å². The Balaban J connectivity index is 2.08. The van der Waals surface area contributed by atoms with Crippen molar-refractivity contribution in [3.63, 3.8) is 0 Å². The van der Waals surface area contributed by atoms with Crippen LogP contribution in [-0.4, -0.2) is 49.5 Å². The number of methoxy groups -OCH3 is 1. The molecule has 1 aliphatic rings. The van der Waals surface area contributed by atoms with Crippen LogP contribution >= 0.6 is 0 Å². The zero-order valence-electron chi connectivity index (χ0n) is 14.5. The van der Waals surface area contributed by atoms with Gasteiger partial charge in [-0.3, -0.25) is 0 Å². The molecule has 1 atom stereocenters. The number of morpholine rings is 1. The predicted octanol–water partition coefficient (Wildman–Crippen LogP) is 3.51. The Morgan fingerprint density at radius 3 is 2.56 bits per heavy atom. The predicted molar refractivity (Wildman–Crippen MR) is 86.5 cm³/mol. The van der Waals surface area contributed by atoms with Gasteiger partial charge in [0.05, 0.1) is 25.7 Å². The lowest BCUT2D eigenvalue weighted by molar-refractivity contribution is -0.133. The smallest absolute Gasteiger partial charge is 0.390 e. The minimum Gasteiger partial charge on any atom is -0.497 e. The number of carbonyl (C=O) groups excluding carboxylic acids is 1. The molecule has 8 heteroatoms. The van der Waals surface area contributed by atoms with Crippen LogP contribution in [0.25, 0.3) is 0 Å². The highest BCUT2D eigenvalue weighted by Crippen LogP contribution is 2.37. The molecule has 5 nitrogen and oxygen atoms in total. The van der Waals surface area contributed by atoms with Crippen molar-refractivity contribution in [1.82, 2.24) is 10.2 Å². The lowest BCUT2D eigenvalue weighted by Crippen LogP contribution is -2.59. The molecule has 0 spiro atoms. The molecular weight excluding hydrogens is 337 g/mol. The van der Waals surface area contributed by atoms with E-state index in [0.29, 0.717) is 18.9 Å². The lowest BCUT2D eigenvalue weighted by Gasteiger charge is -2.47. The highest BCUT2D eigenvalue weighted by molar-refractivity contribution is 5.75. The fourth-order valence-electron chi connectivity index (χ4n) is 2.95. The van der Waals surface area contributed by atoms with Gasteiger partial charge >= 0.3 is 12.2 Å². The van der Waals surface area contributed by atoms with Gasteiger partial charge in [0, 0.05) is 13.1 Å². The van der Waals surface area contributed by atoms with Crippen molar-refractivity contribution in [1.29, 1.82) is 0 Å². The molecule has 1 fully saturated rings. The Morgan fingerprint density at radius 2 is 2.00 bits per heavy atom. The summed E-state index contributed by atoms with van der Waals surface area (Å²) in [4.78, 5) is 13.9. The topological polar surface area (TPSA) is 50.8 Å². The van der Waals surface area contributed by atoms with Gasteiger partial charge in [0.2, 0.25) is 0 Å². The van der Waals surface area contributed by atoms with Gasteiger partial charge in [-0.05, 0) is 31.5 Å². The van der Waals surface area contributed by atoms with Crippen molar-refractivity contribution in [3.05, 3.63) is 29.8 Å². The Hall–Kier alpha value is -1.96. The van der Waals surface area contributed by atoms with Crippen LogP contribution in [0.5, 0.6) is 5.75 Å². The van der Waals surface area contributed by atoms with Crippen LogP contribution in [0.1, 0.15) is 31.9 Å². The molecule has 0 radical (unpaired) electrons. The summed E-state index contributed by atoms with van der Waals surface area (Å²) in [5.41, 5.74) is 0.161. The maximum absolute atomic E-state index is 12.3. The van der Waals surface area contributed by atoms with E-state index in [1.54, 1.807) is 19.2 Å². The molecule has 25 heavy (non-hydrogen) atoms. The average molecular weight is 360 g/mol. The fraction of sp³-hybridized carbons (Fsp3) is 0.588. The SMILES string of the molecule is COc1ccc(C2OCCN(C(=O)NCCC(F)(F)F)C2(C)C)cc1. The summed E-state index contributed by atoms with van der Waals surface area (Å²) in [7, 11) is 1.57. The van der Waals surface area contributed by atoms with Gasteiger partial charge in [-0.1, -0.05) is 12.1 Å². The maximum atomic E-state index is 12.3. The summed E-state index contributed by atoms with van der Waals surface area (Å²) in [6, 6.07) is 6.80. The van der Waals surface area contributed by atoms with Gasteiger partial charge < -0.3 is 19.7 Å². The number of hydrogen-bond acceptors (Lipinski definition) is 3. The van der Waals surface area contributed by atoms with Crippen molar-refractivity contribution in [2.24, 2.45) is 0 Å². The standard InChI is InChI=1S/C17H23F3N2O3/c1-16(2)14(12-4-6-13(24-3)7-5-12)25-11-10-22(16)15(23)21-9-8-17(18,19)20/h4-7,14H,8-11H2,1-3H3,(H,21,23). The van der Waals surface area contributed by atoms with Gasteiger partial charge in [-0.15, -0.1) is 0 Å². The summed E-state index contributed by atoms with van der Waals surface area (Å²) < 4.78 is 47.7. The first-order chi connectivity index (χ1) is 11.6. The third kappa shape index (κ3) is 4.78. The second kappa shape index (κ2) is 7.51. The summed E-state index contributed by atoms with van der Waals surface area (Å²) in [5, 5.41) is 2.35. The number of nitrogens with one attached hydrogen (secondary N) is 1. The summed E-state index contributed by atoms with van der Waals surface area (Å²) in [6.45, 7) is 3.86. The van der Waals surface area contributed by atoms with Crippen molar-refractivity contribution >= 4 is 6.03 Å². The number of alkyl halides is 3. The van der Waals surface area contributed by atoms with Gasteiger partial charge in [0.1, 0.15) is 11.9 Å². The number of ether oxygens (including phenoxy) is 2. The van der Waals surface area contributed by atoms with Gasteiger partial charge in [-0.25, -0.2) is 4.79 Å². The molecule has 1 heterocycles. The Labute approximate surface area is 145 Å². The molecule has 1 saturated heterocycles. The zero-order chi connectivity index (χ0) is 18.7. The van der Waals surface area contributed by atoms with Crippen LogP contribution in [0.4, 0.5) is 18.0 Å². The van der Waals surface area contributed by atoms with E-state index in [1.165, 1.54) is 4.90 Å². The van der Waals surface area contributed by atoms with E-state index < -0.39 is 30.7 Å². The van der Waals surface area contributed by atoms with Crippen molar-refractivity contribution < 1.29 is 27.4 Å². The molecule has 1 aliphatic heterocycles. The third-order valence-electron chi connectivity index (χ3n) is 4.29. The highest BCUT2D eigenvalue weighted by atomic mass is 19.4. The number of rotatable bonds is 4. The quantitative estimate of drug-likeness (QED) is 0.894. The van der Waals surface area contributed by atoms with Crippen LogP contribution in [0.15, 0.2) is 24.3 Å².